The molecule has 0 aliphatic rings. The zero-order valence-electron chi connectivity index (χ0n) is 34.7. The number of likely N-dealkylation sites (N-methyl/N-ethyl adjacent to an activating group) is 1. The molecule has 2 atom stereocenters. The molecule has 10 heteroatoms. The van der Waals surface area contributed by atoms with Crippen molar-refractivity contribution < 1.29 is 32.2 Å². The lowest BCUT2D eigenvalue weighted by atomic mass is 10.1. The Morgan fingerprint density at radius 3 is 1.36 bits per heavy atom. The van der Waals surface area contributed by atoms with Crippen LogP contribution in [0.1, 0.15) is 194 Å². The number of unbranched alkanes of at least 4 members (excludes halogenated alkanes) is 22. The summed E-state index contributed by atoms with van der Waals surface area (Å²) < 4.78 is 41.7. The Hall–Kier alpha value is -1.75. The van der Waals surface area contributed by atoms with Gasteiger partial charge in [0.1, 0.15) is 12.7 Å². The average molecular weight is 771 g/mol. The molecule has 0 rings (SSSR count). The zero-order valence-corrected chi connectivity index (χ0v) is 35.5. The van der Waals surface area contributed by atoms with Crippen molar-refractivity contribution in [2.24, 2.45) is 5.14 Å². The van der Waals surface area contributed by atoms with Gasteiger partial charge in [0.2, 0.25) is 15.5 Å². The van der Waals surface area contributed by atoms with Crippen molar-refractivity contribution in [3.8, 4) is 0 Å². The lowest BCUT2D eigenvalue weighted by Crippen LogP contribution is -2.46. The van der Waals surface area contributed by atoms with E-state index in [1.807, 2.05) is 19.0 Å². The number of primary sulfonamides is 1. The van der Waals surface area contributed by atoms with Crippen LogP contribution in [0.3, 0.4) is 0 Å². The van der Waals surface area contributed by atoms with E-state index in [0.717, 1.165) is 70.6 Å². The standard InChI is InChI=1S/C43H82N2O7S/c1-5-7-9-11-13-15-17-19-21-23-25-27-29-31-33-35-41(46)51-39-40(50-38-37-45(3)4)43(53(44,48)49)52-42(47)36-34-32-30-28-26-24-22-20-18-16-14-12-10-8-6-2/h19-22,40,43H,5-18,23-39H2,1-4H3,(H2,44,48,49)/b21-19-,22-20-. The second-order valence-electron chi connectivity index (χ2n) is 15.0. The van der Waals surface area contributed by atoms with Crippen LogP contribution in [0.4, 0.5) is 0 Å². The molecule has 0 amide bonds. The molecule has 0 aromatic heterocycles. The second kappa shape index (κ2) is 37.2. The maximum absolute atomic E-state index is 12.7. The van der Waals surface area contributed by atoms with E-state index in [2.05, 4.69) is 38.2 Å². The van der Waals surface area contributed by atoms with Crippen LogP contribution < -0.4 is 5.14 Å². The van der Waals surface area contributed by atoms with E-state index < -0.39 is 33.5 Å². The minimum absolute atomic E-state index is 0.0872. The summed E-state index contributed by atoms with van der Waals surface area (Å²) in [6.45, 7) is 4.78. The number of rotatable bonds is 39. The summed E-state index contributed by atoms with van der Waals surface area (Å²) in [5.41, 5.74) is -1.76. The normalized spacial score (nSPS) is 13.3. The van der Waals surface area contributed by atoms with Gasteiger partial charge < -0.3 is 19.1 Å². The number of sulfonamides is 1. The highest BCUT2D eigenvalue weighted by Crippen LogP contribution is 2.16. The first-order valence-corrected chi connectivity index (χ1v) is 23.2. The summed E-state index contributed by atoms with van der Waals surface area (Å²) in [5.74, 6) is -1.08. The van der Waals surface area contributed by atoms with Crippen LogP contribution in [-0.4, -0.2) is 70.7 Å². The highest BCUT2D eigenvalue weighted by Gasteiger charge is 2.36. The number of hydrogen-bond donors (Lipinski definition) is 1. The topological polar surface area (TPSA) is 125 Å². The van der Waals surface area contributed by atoms with Crippen LogP contribution in [0.5, 0.6) is 0 Å². The molecular weight excluding hydrogens is 689 g/mol. The fourth-order valence-electron chi connectivity index (χ4n) is 6.06. The summed E-state index contributed by atoms with van der Waals surface area (Å²) in [5, 5.41) is 5.51. The van der Waals surface area contributed by atoms with Crippen LogP contribution in [-0.2, 0) is 33.8 Å². The number of carbonyl (C=O) groups excluding carboxylic acids is 2. The number of esters is 2. The number of carbonyl (C=O) groups is 2. The van der Waals surface area contributed by atoms with Gasteiger partial charge >= 0.3 is 11.9 Å². The molecule has 0 aliphatic heterocycles. The Morgan fingerprint density at radius 2 is 0.962 bits per heavy atom. The van der Waals surface area contributed by atoms with Gasteiger partial charge in [0.25, 0.3) is 0 Å². The molecule has 0 aliphatic carbocycles. The maximum atomic E-state index is 12.7. The smallest absolute Gasteiger partial charge is 0.307 e. The molecule has 53 heavy (non-hydrogen) atoms. The Bertz CT molecular complexity index is 1020. The molecule has 9 nitrogen and oxygen atoms in total. The van der Waals surface area contributed by atoms with E-state index in [1.54, 1.807) is 0 Å². The molecule has 0 aromatic carbocycles. The molecule has 0 radical (unpaired) electrons. The summed E-state index contributed by atoms with van der Waals surface area (Å²) in [6.07, 6.45) is 38.3. The minimum Gasteiger partial charge on any atom is -0.463 e. The molecular formula is C43H82N2O7S. The quantitative estimate of drug-likeness (QED) is 0.0372. The van der Waals surface area contributed by atoms with Crippen LogP contribution in [0.15, 0.2) is 24.3 Å². The molecule has 0 fully saturated rings. The Kier molecular flexibility index (Phi) is 36.0. The number of nitrogens with two attached hydrogens (primary N) is 1. The first kappa shape index (κ1) is 51.2. The monoisotopic (exact) mass is 771 g/mol. The molecule has 0 saturated carbocycles. The lowest BCUT2D eigenvalue weighted by Gasteiger charge is -2.26. The molecule has 0 bridgehead atoms. The average Bonchev–Trinajstić information content (AvgIpc) is 3.11. The molecule has 0 heterocycles. The highest BCUT2D eigenvalue weighted by molar-refractivity contribution is 7.89. The predicted molar refractivity (Wildman–Crippen MR) is 221 cm³/mol. The third-order valence-corrected chi connectivity index (χ3v) is 10.5. The van der Waals surface area contributed by atoms with E-state index in [0.29, 0.717) is 19.4 Å². The minimum atomic E-state index is -4.35. The van der Waals surface area contributed by atoms with Crippen LogP contribution in [0, 0.1) is 0 Å². The van der Waals surface area contributed by atoms with Crippen molar-refractivity contribution in [2.75, 3.05) is 33.9 Å². The van der Waals surface area contributed by atoms with Gasteiger partial charge in [-0.05, 0) is 78.3 Å². The van der Waals surface area contributed by atoms with E-state index >= 15 is 0 Å². The van der Waals surface area contributed by atoms with Gasteiger partial charge in [-0.15, -0.1) is 0 Å². The zero-order chi connectivity index (χ0) is 39.3. The summed E-state index contributed by atoms with van der Waals surface area (Å²) in [4.78, 5) is 27.1. The Labute approximate surface area is 326 Å². The molecule has 312 valence electrons. The number of ether oxygens (including phenoxy) is 3. The van der Waals surface area contributed by atoms with Gasteiger partial charge in [0, 0.05) is 19.4 Å². The van der Waals surface area contributed by atoms with Gasteiger partial charge in [-0.25, -0.2) is 13.6 Å². The number of allylic oxidation sites excluding steroid dienone is 4. The lowest BCUT2D eigenvalue weighted by molar-refractivity contribution is -0.158. The van der Waals surface area contributed by atoms with Crippen LogP contribution >= 0.6 is 0 Å². The fourth-order valence-corrected chi connectivity index (χ4v) is 6.88. The van der Waals surface area contributed by atoms with Gasteiger partial charge in [-0.1, -0.05) is 141 Å². The third-order valence-electron chi connectivity index (χ3n) is 9.44. The SMILES string of the molecule is CCCCCCCC/C=C\CCCCCCCC(=O)OCC(OCCN(C)C)C(OC(=O)CCCCCCC/C=C\CCCCCCCC)S(N)(=O)=O. The van der Waals surface area contributed by atoms with Crippen molar-refractivity contribution >= 4 is 22.0 Å². The van der Waals surface area contributed by atoms with Crippen LogP contribution in [0.25, 0.3) is 0 Å². The Morgan fingerprint density at radius 1 is 0.585 bits per heavy atom. The molecule has 0 spiro atoms. The molecule has 2 N–H and O–H groups in total. The largest absolute Gasteiger partial charge is 0.463 e. The highest BCUT2D eigenvalue weighted by atomic mass is 32.2. The molecule has 0 aromatic rings. The van der Waals surface area contributed by atoms with Gasteiger partial charge in [0.05, 0.1) is 6.61 Å². The van der Waals surface area contributed by atoms with Gasteiger partial charge in [0.15, 0.2) is 0 Å². The van der Waals surface area contributed by atoms with Crippen molar-refractivity contribution in [3.05, 3.63) is 24.3 Å². The van der Waals surface area contributed by atoms with E-state index in [9.17, 15) is 18.0 Å². The molecule has 0 saturated heterocycles. The Balaban J connectivity index is 4.43. The number of hydrogen-bond acceptors (Lipinski definition) is 8. The maximum Gasteiger partial charge on any atom is 0.307 e. The van der Waals surface area contributed by atoms with E-state index in [1.165, 1.54) is 83.5 Å². The summed E-state index contributed by atoms with van der Waals surface area (Å²) in [6, 6.07) is 0. The van der Waals surface area contributed by atoms with Gasteiger partial charge in [-0.3, -0.25) is 9.59 Å². The number of nitrogens with zero attached hydrogens (tertiary/aromatic N) is 1. The first-order valence-electron chi connectivity index (χ1n) is 21.5. The predicted octanol–water partition coefficient (Wildman–Crippen LogP) is 10.7. The van der Waals surface area contributed by atoms with Crippen molar-refractivity contribution in [1.29, 1.82) is 0 Å². The van der Waals surface area contributed by atoms with Crippen molar-refractivity contribution in [2.45, 2.75) is 205 Å². The van der Waals surface area contributed by atoms with E-state index in [4.69, 9.17) is 19.3 Å². The van der Waals surface area contributed by atoms with E-state index in [-0.39, 0.29) is 26.1 Å². The third kappa shape index (κ3) is 35.7. The van der Waals surface area contributed by atoms with Gasteiger partial charge in [-0.2, -0.15) is 0 Å². The van der Waals surface area contributed by atoms with Crippen molar-refractivity contribution in [3.63, 3.8) is 0 Å². The van der Waals surface area contributed by atoms with Crippen LogP contribution in [0.2, 0.25) is 0 Å². The first-order chi connectivity index (χ1) is 25.6. The molecule has 2 unspecified atom stereocenters. The summed E-state index contributed by atoms with van der Waals surface area (Å²) >= 11 is 0. The summed E-state index contributed by atoms with van der Waals surface area (Å²) in [7, 11) is -0.628. The van der Waals surface area contributed by atoms with Crippen molar-refractivity contribution in [1.82, 2.24) is 4.90 Å². The fraction of sp³-hybridized carbons (Fsp3) is 0.860. The second-order valence-corrected chi connectivity index (χ2v) is 16.7.